The van der Waals surface area contributed by atoms with Gasteiger partial charge in [-0.2, -0.15) is 0 Å². The Morgan fingerprint density at radius 3 is 2.94 bits per heavy atom. The number of carbonyl (C=O) groups is 1. The Morgan fingerprint density at radius 1 is 1.65 bits per heavy atom. The normalized spacial score (nSPS) is 12.2. The van der Waals surface area contributed by atoms with Crippen LogP contribution in [0.15, 0.2) is 12.3 Å². The Hall–Kier alpha value is -1.33. The average molecular weight is 260 g/mol. The second-order valence-corrected chi connectivity index (χ2v) is 3.75. The van der Waals surface area contributed by atoms with Gasteiger partial charge in [0.15, 0.2) is 0 Å². The van der Waals surface area contributed by atoms with Crippen molar-refractivity contribution in [1.82, 2.24) is 4.98 Å². The zero-order valence-electron chi connectivity index (χ0n) is 9.64. The van der Waals surface area contributed by atoms with Crippen LogP contribution in [0.4, 0.5) is 0 Å². The highest BCUT2D eigenvalue weighted by Gasteiger charge is 2.16. The van der Waals surface area contributed by atoms with Crippen molar-refractivity contribution in [3.63, 3.8) is 0 Å². The largest absolute Gasteiger partial charge is 0.478 e. The predicted molar refractivity (Wildman–Crippen MR) is 62.8 cm³/mol. The molecule has 1 aromatic heterocycles. The second-order valence-electron chi connectivity index (χ2n) is 3.37. The smallest absolute Gasteiger partial charge is 0.337 e. The van der Waals surface area contributed by atoms with Crippen LogP contribution in [-0.2, 0) is 4.74 Å². The van der Waals surface area contributed by atoms with Crippen molar-refractivity contribution < 1.29 is 19.4 Å². The van der Waals surface area contributed by atoms with Crippen LogP contribution in [0.2, 0.25) is 5.02 Å². The van der Waals surface area contributed by atoms with E-state index in [0.717, 1.165) is 0 Å². The number of hydrogen-bond donors (Lipinski definition) is 1. The van der Waals surface area contributed by atoms with Crippen molar-refractivity contribution in [2.24, 2.45) is 0 Å². The van der Waals surface area contributed by atoms with Gasteiger partial charge in [0.1, 0.15) is 11.1 Å². The first kappa shape index (κ1) is 13.7. The van der Waals surface area contributed by atoms with Crippen LogP contribution in [0.1, 0.15) is 24.2 Å². The molecule has 5 nitrogen and oxygen atoms in total. The number of rotatable bonds is 6. The summed E-state index contributed by atoms with van der Waals surface area (Å²) in [4.78, 5) is 14.7. The minimum absolute atomic E-state index is 0.00310. The van der Waals surface area contributed by atoms with E-state index >= 15 is 0 Å². The second kappa shape index (κ2) is 6.42. The lowest BCUT2D eigenvalue weighted by molar-refractivity contribution is 0.0627. The highest BCUT2D eigenvalue weighted by molar-refractivity contribution is 6.34. The zero-order valence-corrected chi connectivity index (χ0v) is 10.4. The van der Waals surface area contributed by atoms with Crippen molar-refractivity contribution in [3.8, 4) is 5.88 Å². The van der Waals surface area contributed by atoms with E-state index in [9.17, 15) is 4.79 Å². The minimum Gasteiger partial charge on any atom is -0.478 e. The summed E-state index contributed by atoms with van der Waals surface area (Å²) >= 11 is 5.87. The van der Waals surface area contributed by atoms with Crippen LogP contribution in [0, 0.1) is 0 Å². The Kier molecular flexibility index (Phi) is 5.18. The van der Waals surface area contributed by atoms with Crippen LogP contribution >= 0.6 is 11.6 Å². The number of hydrogen-bond acceptors (Lipinski definition) is 4. The summed E-state index contributed by atoms with van der Waals surface area (Å²) < 4.78 is 10.6. The molecule has 0 aromatic carbocycles. The zero-order chi connectivity index (χ0) is 12.8. The SMILES string of the molecule is CCOCC(C)Oc1nccc(C(=O)O)c1Cl. The number of aromatic nitrogens is 1. The molecule has 0 saturated heterocycles. The van der Waals surface area contributed by atoms with Crippen LogP contribution < -0.4 is 4.74 Å². The van der Waals surface area contributed by atoms with Crippen molar-refractivity contribution >= 4 is 17.6 Å². The molecular formula is C11H14ClNO4. The third-order valence-corrected chi connectivity index (χ3v) is 2.32. The lowest BCUT2D eigenvalue weighted by Crippen LogP contribution is -2.20. The molecule has 0 amide bonds. The average Bonchev–Trinajstić information content (AvgIpc) is 2.28. The molecule has 0 saturated carbocycles. The highest BCUT2D eigenvalue weighted by Crippen LogP contribution is 2.26. The first-order chi connectivity index (χ1) is 8.06. The van der Waals surface area contributed by atoms with Gasteiger partial charge < -0.3 is 14.6 Å². The minimum atomic E-state index is -1.11. The lowest BCUT2D eigenvalue weighted by atomic mass is 10.2. The summed E-state index contributed by atoms with van der Waals surface area (Å²) in [5, 5.41) is 8.88. The molecule has 0 bridgehead atoms. The maximum absolute atomic E-state index is 10.8. The van der Waals surface area contributed by atoms with Crippen molar-refractivity contribution in [1.29, 1.82) is 0 Å². The van der Waals surface area contributed by atoms with E-state index in [1.807, 2.05) is 6.92 Å². The molecule has 0 spiro atoms. The molecule has 0 aliphatic carbocycles. The number of aromatic carboxylic acids is 1. The van der Waals surface area contributed by atoms with E-state index < -0.39 is 5.97 Å². The van der Waals surface area contributed by atoms with Gasteiger partial charge in [-0.1, -0.05) is 11.6 Å². The quantitative estimate of drug-likeness (QED) is 0.848. The molecule has 17 heavy (non-hydrogen) atoms. The first-order valence-corrected chi connectivity index (χ1v) is 5.56. The molecule has 94 valence electrons. The van der Waals surface area contributed by atoms with Gasteiger partial charge in [0.05, 0.1) is 12.2 Å². The van der Waals surface area contributed by atoms with E-state index in [1.54, 1.807) is 6.92 Å². The third-order valence-electron chi connectivity index (χ3n) is 1.96. The van der Waals surface area contributed by atoms with Gasteiger partial charge in [-0.05, 0) is 19.9 Å². The molecule has 1 aromatic rings. The lowest BCUT2D eigenvalue weighted by Gasteiger charge is -2.14. The molecule has 0 fully saturated rings. The monoisotopic (exact) mass is 259 g/mol. The van der Waals surface area contributed by atoms with E-state index in [-0.39, 0.29) is 22.6 Å². The molecule has 1 rings (SSSR count). The topological polar surface area (TPSA) is 68.7 Å². The number of carboxylic acids is 1. The molecule has 1 heterocycles. The Bertz CT molecular complexity index is 397. The number of halogens is 1. The first-order valence-electron chi connectivity index (χ1n) is 5.18. The van der Waals surface area contributed by atoms with Gasteiger partial charge in [-0.15, -0.1) is 0 Å². The van der Waals surface area contributed by atoms with Gasteiger partial charge in [0.25, 0.3) is 0 Å². The van der Waals surface area contributed by atoms with Crippen LogP contribution in [-0.4, -0.2) is 35.4 Å². The number of carboxylic acid groups (broad SMARTS) is 1. The van der Waals surface area contributed by atoms with Crippen LogP contribution in [0.5, 0.6) is 5.88 Å². The van der Waals surface area contributed by atoms with Crippen molar-refractivity contribution in [2.45, 2.75) is 20.0 Å². The summed E-state index contributed by atoms with van der Waals surface area (Å²) in [6, 6.07) is 1.32. The predicted octanol–water partition coefficient (Wildman–Crippen LogP) is 2.24. The van der Waals surface area contributed by atoms with Crippen LogP contribution in [0.25, 0.3) is 0 Å². The molecule has 1 atom stereocenters. The summed E-state index contributed by atoms with van der Waals surface area (Å²) in [5.41, 5.74) is -0.0275. The Labute approximate surface area is 104 Å². The summed E-state index contributed by atoms with van der Waals surface area (Å²) in [7, 11) is 0. The fourth-order valence-corrected chi connectivity index (χ4v) is 1.42. The van der Waals surface area contributed by atoms with Crippen molar-refractivity contribution in [3.05, 3.63) is 22.8 Å². The van der Waals surface area contributed by atoms with Gasteiger partial charge in [-0.25, -0.2) is 9.78 Å². The Morgan fingerprint density at radius 2 is 2.35 bits per heavy atom. The molecule has 1 unspecified atom stereocenters. The van der Waals surface area contributed by atoms with Crippen LogP contribution in [0.3, 0.4) is 0 Å². The van der Waals surface area contributed by atoms with Gasteiger partial charge >= 0.3 is 5.97 Å². The van der Waals surface area contributed by atoms with E-state index in [2.05, 4.69) is 4.98 Å². The molecule has 0 aliphatic heterocycles. The van der Waals surface area contributed by atoms with Gasteiger partial charge in [-0.3, -0.25) is 0 Å². The maximum atomic E-state index is 10.8. The fraction of sp³-hybridized carbons (Fsp3) is 0.455. The van der Waals surface area contributed by atoms with E-state index in [4.69, 9.17) is 26.2 Å². The Balaban J connectivity index is 2.77. The van der Waals surface area contributed by atoms with Crippen molar-refractivity contribution in [2.75, 3.05) is 13.2 Å². The molecule has 0 aliphatic rings. The molecule has 6 heteroatoms. The van der Waals surface area contributed by atoms with Gasteiger partial charge in [0.2, 0.25) is 5.88 Å². The fourth-order valence-electron chi connectivity index (χ4n) is 1.18. The number of ether oxygens (including phenoxy) is 2. The standard InChI is InChI=1S/C11H14ClNO4/c1-3-16-6-7(2)17-10-9(12)8(11(14)15)4-5-13-10/h4-5,7H,3,6H2,1-2H3,(H,14,15). The molecular weight excluding hydrogens is 246 g/mol. The number of pyridine rings is 1. The van der Waals surface area contributed by atoms with E-state index in [1.165, 1.54) is 12.3 Å². The molecule has 0 radical (unpaired) electrons. The molecule has 1 N–H and O–H groups in total. The number of nitrogens with zero attached hydrogens (tertiary/aromatic N) is 1. The summed E-state index contributed by atoms with van der Waals surface area (Å²) in [6.07, 6.45) is 1.10. The summed E-state index contributed by atoms with van der Waals surface area (Å²) in [6.45, 7) is 4.65. The highest BCUT2D eigenvalue weighted by atomic mass is 35.5. The maximum Gasteiger partial charge on any atom is 0.337 e. The third kappa shape index (κ3) is 3.87. The van der Waals surface area contributed by atoms with E-state index in [0.29, 0.717) is 13.2 Å². The summed E-state index contributed by atoms with van der Waals surface area (Å²) in [5.74, 6) is -1.00. The van der Waals surface area contributed by atoms with Gasteiger partial charge in [0, 0.05) is 12.8 Å².